The normalized spacial score (nSPS) is 23.9. The van der Waals surface area contributed by atoms with Gasteiger partial charge in [-0.3, -0.25) is 0 Å². The van der Waals surface area contributed by atoms with Crippen LogP contribution in [0.15, 0.2) is 30.3 Å². The standard InChI is InChI=1S/C19H31NO/c1-2-6-16(13-14-21)15-20-19-11-9-18(10-12-19)17-7-4-3-5-8-17/h3-5,7-8,16,18-21H,2,6,9-15H2,1H3. The molecule has 0 bridgehead atoms. The van der Waals surface area contributed by atoms with Crippen molar-refractivity contribution >= 4 is 0 Å². The van der Waals surface area contributed by atoms with Gasteiger partial charge in [-0.15, -0.1) is 0 Å². The van der Waals surface area contributed by atoms with E-state index < -0.39 is 0 Å². The Bertz CT molecular complexity index is 364. The average Bonchev–Trinajstić information content (AvgIpc) is 2.54. The van der Waals surface area contributed by atoms with Crippen LogP contribution in [0.2, 0.25) is 0 Å². The Labute approximate surface area is 130 Å². The molecule has 1 saturated carbocycles. The lowest BCUT2D eigenvalue weighted by atomic mass is 9.81. The predicted molar refractivity (Wildman–Crippen MR) is 89.5 cm³/mol. The van der Waals surface area contributed by atoms with Crippen molar-refractivity contribution in [3.8, 4) is 0 Å². The summed E-state index contributed by atoms with van der Waals surface area (Å²) in [6.45, 7) is 3.64. The molecule has 1 aliphatic rings. The lowest BCUT2D eigenvalue weighted by molar-refractivity contribution is 0.239. The van der Waals surface area contributed by atoms with Gasteiger partial charge in [0.05, 0.1) is 0 Å². The third kappa shape index (κ3) is 5.44. The minimum absolute atomic E-state index is 0.326. The first-order valence-corrected chi connectivity index (χ1v) is 8.72. The van der Waals surface area contributed by atoms with Crippen LogP contribution in [0.1, 0.15) is 63.4 Å². The molecule has 2 rings (SSSR count). The maximum absolute atomic E-state index is 9.13. The number of hydrogen-bond donors (Lipinski definition) is 2. The fourth-order valence-electron chi connectivity index (χ4n) is 3.63. The van der Waals surface area contributed by atoms with Crippen LogP contribution >= 0.6 is 0 Å². The number of nitrogens with one attached hydrogen (secondary N) is 1. The molecule has 0 aliphatic heterocycles. The van der Waals surface area contributed by atoms with E-state index in [1.807, 2.05) is 0 Å². The molecule has 1 atom stereocenters. The summed E-state index contributed by atoms with van der Waals surface area (Å²) < 4.78 is 0. The lowest BCUT2D eigenvalue weighted by Gasteiger charge is -2.30. The van der Waals surface area contributed by atoms with Gasteiger partial charge in [-0.2, -0.15) is 0 Å². The van der Waals surface area contributed by atoms with E-state index in [1.165, 1.54) is 44.1 Å². The van der Waals surface area contributed by atoms with Gasteiger partial charge in [-0.05, 0) is 62.5 Å². The van der Waals surface area contributed by atoms with Crippen LogP contribution in [0.5, 0.6) is 0 Å². The van der Waals surface area contributed by atoms with Crippen LogP contribution in [-0.4, -0.2) is 24.3 Å². The molecule has 1 aromatic rings. The fourth-order valence-corrected chi connectivity index (χ4v) is 3.63. The monoisotopic (exact) mass is 289 g/mol. The third-order valence-electron chi connectivity index (χ3n) is 4.93. The quantitative estimate of drug-likeness (QED) is 0.755. The van der Waals surface area contributed by atoms with E-state index in [4.69, 9.17) is 5.11 Å². The molecule has 0 spiro atoms. The second kappa shape index (κ2) is 9.22. The van der Waals surface area contributed by atoms with E-state index in [9.17, 15) is 0 Å². The van der Waals surface area contributed by atoms with Gasteiger partial charge in [0.1, 0.15) is 0 Å². The third-order valence-corrected chi connectivity index (χ3v) is 4.93. The summed E-state index contributed by atoms with van der Waals surface area (Å²) >= 11 is 0. The van der Waals surface area contributed by atoms with Gasteiger partial charge in [0.25, 0.3) is 0 Å². The van der Waals surface area contributed by atoms with Crippen molar-refractivity contribution < 1.29 is 5.11 Å². The van der Waals surface area contributed by atoms with Crippen molar-refractivity contribution in [2.45, 2.75) is 63.8 Å². The molecule has 21 heavy (non-hydrogen) atoms. The Kier molecular flexibility index (Phi) is 7.25. The Balaban J connectivity index is 1.71. The zero-order valence-electron chi connectivity index (χ0n) is 13.4. The zero-order chi connectivity index (χ0) is 14.9. The van der Waals surface area contributed by atoms with Gasteiger partial charge in [-0.1, -0.05) is 43.7 Å². The number of aliphatic hydroxyl groups is 1. The van der Waals surface area contributed by atoms with Crippen molar-refractivity contribution in [3.05, 3.63) is 35.9 Å². The molecule has 1 aliphatic carbocycles. The Hall–Kier alpha value is -0.860. The highest BCUT2D eigenvalue weighted by molar-refractivity contribution is 5.20. The van der Waals surface area contributed by atoms with Crippen LogP contribution in [0, 0.1) is 5.92 Å². The Morgan fingerprint density at radius 2 is 1.81 bits per heavy atom. The second-order valence-electron chi connectivity index (χ2n) is 6.53. The first kappa shape index (κ1) is 16.5. The second-order valence-corrected chi connectivity index (χ2v) is 6.53. The van der Waals surface area contributed by atoms with Crippen LogP contribution < -0.4 is 5.32 Å². The summed E-state index contributed by atoms with van der Waals surface area (Å²) in [7, 11) is 0. The van der Waals surface area contributed by atoms with E-state index in [-0.39, 0.29) is 0 Å². The molecule has 0 amide bonds. The molecule has 0 radical (unpaired) electrons. The minimum Gasteiger partial charge on any atom is -0.396 e. The summed E-state index contributed by atoms with van der Waals surface area (Å²) in [4.78, 5) is 0. The number of hydrogen-bond acceptors (Lipinski definition) is 2. The molecular formula is C19H31NO. The SMILES string of the molecule is CCCC(CCO)CNC1CCC(c2ccccc2)CC1. The van der Waals surface area contributed by atoms with Crippen molar-refractivity contribution in [2.75, 3.05) is 13.2 Å². The molecule has 1 fully saturated rings. The van der Waals surface area contributed by atoms with Gasteiger partial charge < -0.3 is 10.4 Å². The van der Waals surface area contributed by atoms with E-state index in [0.29, 0.717) is 18.6 Å². The number of benzene rings is 1. The molecule has 0 aromatic heterocycles. The molecular weight excluding hydrogens is 258 g/mol. The van der Waals surface area contributed by atoms with Crippen molar-refractivity contribution in [1.82, 2.24) is 5.32 Å². The van der Waals surface area contributed by atoms with Crippen molar-refractivity contribution in [1.29, 1.82) is 0 Å². The van der Waals surface area contributed by atoms with Crippen molar-refractivity contribution in [2.24, 2.45) is 5.92 Å². The molecule has 1 unspecified atom stereocenters. The van der Waals surface area contributed by atoms with Gasteiger partial charge >= 0.3 is 0 Å². The molecule has 118 valence electrons. The summed E-state index contributed by atoms with van der Waals surface area (Å²) in [5.41, 5.74) is 1.51. The maximum atomic E-state index is 9.13. The summed E-state index contributed by atoms with van der Waals surface area (Å²) in [5.74, 6) is 1.40. The van der Waals surface area contributed by atoms with E-state index in [2.05, 4.69) is 42.6 Å². The van der Waals surface area contributed by atoms with Gasteiger partial charge in [-0.25, -0.2) is 0 Å². The maximum Gasteiger partial charge on any atom is 0.0434 e. The average molecular weight is 289 g/mol. The van der Waals surface area contributed by atoms with Crippen LogP contribution in [0.4, 0.5) is 0 Å². The topological polar surface area (TPSA) is 32.3 Å². The van der Waals surface area contributed by atoms with Crippen LogP contribution in [-0.2, 0) is 0 Å². The zero-order valence-corrected chi connectivity index (χ0v) is 13.4. The lowest BCUT2D eigenvalue weighted by Crippen LogP contribution is -2.36. The molecule has 2 heteroatoms. The first-order chi connectivity index (χ1) is 10.3. The summed E-state index contributed by atoms with van der Waals surface area (Å²) in [6, 6.07) is 11.6. The Morgan fingerprint density at radius 1 is 1.10 bits per heavy atom. The first-order valence-electron chi connectivity index (χ1n) is 8.72. The summed E-state index contributed by atoms with van der Waals surface area (Å²) in [6.07, 6.45) is 8.58. The van der Waals surface area contributed by atoms with Crippen molar-refractivity contribution in [3.63, 3.8) is 0 Å². The van der Waals surface area contributed by atoms with Gasteiger partial charge in [0.2, 0.25) is 0 Å². The van der Waals surface area contributed by atoms with E-state index in [1.54, 1.807) is 0 Å². The molecule has 2 nitrogen and oxygen atoms in total. The van der Waals surface area contributed by atoms with Gasteiger partial charge in [0.15, 0.2) is 0 Å². The Morgan fingerprint density at radius 3 is 2.43 bits per heavy atom. The highest BCUT2D eigenvalue weighted by Gasteiger charge is 2.22. The molecule has 2 N–H and O–H groups in total. The fraction of sp³-hybridized carbons (Fsp3) is 0.684. The van der Waals surface area contributed by atoms with Gasteiger partial charge in [0, 0.05) is 12.6 Å². The molecule has 0 heterocycles. The molecule has 0 saturated heterocycles. The largest absolute Gasteiger partial charge is 0.396 e. The molecule has 1 aromatic carbocycles. The highest BCUT2D eigenvalue weighted by Crippen LogP contribution is 2.32. The van der Waals surface area contributed by atoms with Crippen LogP contribution in [0.25, 0.3) is 0 Å². The number of rotatable bonds is 8. The predicted octanol–water partition coefficient (Wildman–Crippen LogP) is 4.10. The van der Waals surface area contributed by atoms with E-state index in [0.717, 1.165) is 18.9 Å². The minimum atomic E-state index is 0.326. The van der Waals surface area contributed by atoms with Crippen LogP contribution in [0.3, 0.4) is 0 Å². The van der Waals surface area contributed by atoms with E-state index >= 15 is 0 Å². The summed E-state index contributed by atoms with van der Waals surface area (Å²) in [5, 5.41) is 12.9. The highest BCUT2D eigenvalue weighted by atomic mass is 16.3. The smallest absolute Gasteiger partial charge is 0.0434 e. The number of aliphatic hydroxyl groups excluding tert-OH is 1.